The highest BCUT2D eigenvalue weighted by Crippen LogP contribution is 2.15. The van der Waals surface area contributed by atoms with E-state index in [0.29, 0.717) is 19.5 Å². The van der Waals surface area contributed by atoms with Crippen LogP contribution in [0.3, 0.4) is 0 Å². The molecule has 1 aromatic rings. The molecule has 0 bridgehead atoms. The minimum atomic E-state index is -0.581. The first-order valence-electron chi connectivity index (χ1n) is 8.14. The van der Waals surface area contributed by atoms with Gasteiger partial charge in [0.05, 0.1) is 0 Å². The van der Waals surface area contributed by atoms with Crippen LogP contribution in [0.25, 0.3) is 5.57 Å². The van der Waals surface area contributed by atoms with E-state index < -0.39 is 6.04 Å². The van der Waals surface area contributed by atoms with Gasteiger partial charge in [-0.25, -0.2) is 0 Å². The topological polar surface area (TPSA) is 86.0 Å². The molecule has 1 rings (SSSR count). The fraction of sp³-hybridized carbons (Fsp3) is 0.444. The molecule has 0 aliphatic heterocycles. The zero-order valence-electron chi connectivity index (χ0n) is 14.9. The molecule has 0 fully saturated rings. The highest BCUT2D eigenvalue weighted by atomic mass is 16.2. The van der Waals surface area contributed by atoms with E-state index in [0.717, 1.165) is 16.8 Å². The quantitative estimate of drug-likeness (QED) is 0.407. The highest BCUT2D eigenvalue weighted by Gasteiger charge is 2.20. The van der Waals surface area contributed by atoms with Crippen LogP contribution in [0.4, 0.5) is 0 Å². The van der Waals surface area contributed by atoms with Crippen molar-refractivity contribution in [2.75, 3.05) is 20.1 Å². The third-order valence-electron chi connectivity index (χ3n) is 3.51. The Balaban J connectivity index is 2.78. The van der Waals surface area contributed by atoms with Crippen molar-refractivity contribution in [2.24, 2.45) is 0 Å². The molecule has 0 saturated carbocycles. The minimum Gasteiger partial charge on any atom is -0.361 e. The predicted molar refractivity (Wildman–Crippen MR) is 97.5 cm³/mol. The molecule has 0 aliphatic rings. The van der Waals surface area contributed by atoms with Gasteiger partial charge in [0.1, 0.15) is 6.04 Å². The lowest BCUT2D eigenvalue weighted by atomic mass is 10.1. The number of hydrogen-bond donors (Lipinski definition) is 4. The van der Waals surface area contributed by atoms with Gasteiger partial charge in [0.25, 0.3) is 0 Å². The molecule has 0 aliphatic carbocycles. The number of aromatic amines is 1. The van der Waals surface area contributed by atoms with Crippen molar-refractivity contribution in [3.63, 3.8) is 0 Å². The Labute approximate surface area is 143 Å². The second-order valence-corrected chi connectivity index (χ2v) is 5.65. The number of allylic oxidation sites excluding steroid dienone is 4. The zero-order valence-corrected chi connectivity index (χ0v) is 14.9. The van der Waals surface area contributed by atoms with Crippen molar-refractivity contribution in [1.82, 2.24) is 20.9 Å². The molecule has 0 saturated heterocycles. The molecule has 1 heterocycles. The van der Waals surface area contributed by atoms with Crippen molar-refractivity contribution in [3.05, 3.63) is 41.7 Å². The normalized spacial score (nSPS) is 13.1. The number of H-pyrrole nitrogens is 1. The van der Waals surface area contributed by atoms with Gasteiger partial charge in [-0.05, 0) is 38.1 Å². The van der Waals surface area contributed by atoms with Gasteiger partial charge in [-0.2, -0.15) is 0 Å². The smallest absolute Gasteiger partial charge is 0.242 e. The van der Waals surface area contributed by atoms with Crippen LogP contribution in [0.5, 0.6) is 0 Å². The minimum absolute atomic E-state index is 0.176. The molecule has 1 atom stereocenters. The van der Waals surface area contributed by atoms with E-state index in [1.54, 1.807) is 0 Å². The summed E-state index contributed by atoms with van der Waals surface area (Å²) in [7, 11) is 1.82. The molecule has 2 amide bonds. The lowest BCUT2D eigenvalue weighted by molar-refractivity contribution is -0.128. The van der Waals surface area contributed by atoms with Crippen molar-refractivity contribution < 1.29 is 9.59 Å². The fourth-order valence-electron chi connectivity index (χ4n) is 2.24. The Hall–Kier alpha value is -2.34. The largest absolute Gasteiger partial charge is 0.361 e. The number of carbonyl (C=O) groups is 2. The molecule has 1 aromatic heterocycles. The van der Waals surface area contributed by atoms with Crippen molar-refractivity contribution >= 4 is 17.4 Å². The summed E-state index contributed by atoms with van der Waals surface area (Å²) in [6.07, 6.45) is 8.28. The van der Waals surface area contributed by atoms with E-state index in [1.165, 1.54) is 6.92 Å². The van der Waals surface area contributed by atoms with Gasteiger partial charge in [-0.3, -0.25) is 9.59 Å². The Morgan fingerprint density at radius 2 is 2.04 bits per heavy atom. The summed E-state index contributed by atoms with van der Waals surface area (Å²) in [5.41, 5.74) is 3.08. The third kappa shape index (κ3) is 6.83. The Bertz CT molecular complexity index is 602. The Morgan fingerprint density at radius 3 is 2.67 bits per heavy atom. The van der Waals surface area contributed by atoms with Crippen LogP contribution in [-0.2, 0) is 16.0 Å². The first-order valence-corrected chi connectivity index (χ1v) is 8.14. The average molecular weight is 332 g/mol. The summed E-state index contributed by atoms with van der Waals surface area (Å²) in [5.74, 6) is -0.395. The third-order valence-corrected chi connectivity index (χ3v) is 3.51. The summed E-state index contributed by atoms with van der Waals surface area (Å²) in [5, 5.41) is 8.50. The van der Waals surface area contributed by atoms with Gasteiger partial charge in [-0.15, -0.1) is 0 Å². The summed E-state index contributed by atoms with van der Waals surface area (Å²) in [4.78, 5) is 26.8. The van der Waals surface area contributed by atoms with Crippen LogP contribution in [-0.4, -0.2) is 43.0 Å². The maximum absolute atomic E-state index is 12.3. The van der Waals surface area contributed by atoms with E-state index in [1.807, 2.05) is 51.4 Å². The summed E-state index contributed by atoms with van der Waals surface area (Å²) in [6.45, 7) is 6.61. The fourth-order valence-corrected chi connectivity index (χ4v) is 2.24. The lowest BCUT2D eigenvalue weighted by Crippen LogP contribution is -2.48. The van der Waals surface area contributed by atoms with Crippen molar-refractivity contribution in [3.8, 4) is 0 Å². The molecular weight excluding hydrogens is 304 g/mol. The lowest BCUT2D eigenvalue weighted by Gasteiger charge is -2.17. The number of carbonyl (C=O) groups excluding carboxylic acids is 2. The molecule has 132 valence electrons. The number of aromatic nitrogens is 1. The number of amides is 2. The monoisotopic (exact) mass is 332 g/mol. The molecule has 0 aromatic carbocycles. The van der Waals surface area contributed by atoms with E-state index in [9.17, 15) is 9.59 Å². The van der Waals surface area contributed by atoms with E-state index in [-0.39, 0.29) is 11.8 Å². The second kappa shape index (κ2) is 10.4. The number of likely N-dealkylation sites (N-methyl/N-ethyl adjacent to an activating group) is 1. The standard InChI is InChI=1S/C18H28N4O2/c1-5-6-7-13(2)16-10-15(12-21-16)11-17(22-14(3)23)18(24)20-9-8-19-4/h5-7,10,12,17,19,21H,8-9,11H2,1-4H3,(H,20,24)(H,22,23)/b6-5-,13-7-. The Kier molecular flexibility index (Phi) is 8.57. The van der Waals surface area contributed by atoms with Gasteiger partial charge >= 0.3 is 0 Å². The second-order valence-electron chi connectivity index (χ2n) is 5.65. The summed E-state index contributed by atoms with van der Waals surface area (Å²) < 4.78 is 0. The van der Waals surface area contributed by atoms with Gasteiger partial charge in [0.2, 0.25) is 11.8 Å². The van der Waals surface area contributed by atoms with Gasteiger partial charge < -0.3 is 20.9 Å². The van der Waals surface area contributed by atoms with E-state index in [4.69, 9.17) is 0 Å². The van der Waals surface area contributed by atoms with Gasteiger partial charge in [0, 0.05) is 38.3 Å². The molecule has 0 spiro atoms. The van der Waals surface area contributed by atoms with Crippen LogP contribution in [0.15, 0.2) is 30.5 Å². The molecule has 24 heavy (non-hydrogen) atoms. The van der Waals surface area contributed by atoms with Crippen LogP contribution >= 0.6 is 0 Å². The SMILES string of the molecule is C/C=C\C=C(\C)c1cc(CC(NC(C)=O)C(=O)NCCNC)c[nH]1. The molecule has 6 nitrogen and oxygen atoms in total. The maximum Gasteiger partial charge on any atom is 0.242 e. The first kappa shape index (κ1) is 19.7. The van der Waals surface area contributed by atoms with E-state index >= 15 is 0 Å². The average Bonchev–Trinajstić information content (AvgIpc) is 3.00. The van der Waals surface area contributed by atoms with Crippen molar-refractivity contribution in [2.45, 2.75) is 33.2 Å². The van der Waals surface area contributed by atoms with Crippen LogP contribution in [0, 0.1) is 0 Å². The van der Waals surface area contributed by atoms with Crippen LogP contribution in [0.1, 0.15) is 32.0 Å². The highest BCUT2D eigenvalue weighted by molar-refractivity contribution is 5.87. The van der Waals surface area contributed by atoms with Crippen molar-refractivity contribution in [1.29, 1.82) is 0 Å². The maximum atomic E-state index is 12.3. The van der Waals surface area contributed by atoms with Gasteiger partial charge in [-0.1, -0.05) is 18.2 Å². The number of nitrogens with one attached hydrogen (secondary N) is 4. The molecular formula is C18H28N4O2. The molecule has 1 unspecified atom stereocenters. The molecule has 0 radical (unpaired) electrons. The van der Waals surface area contributed by atoms with Crippen LogP contribution < -0.4 is 16.0 Å². The molecule has 6 heteroatoms. The van der Waals surface area contributed by atoms with E-state index in [2.05, 4.69) is 20.9 Å². The van der Waals surface area contributed by atoms with Gasteiger partial charge in [0.15, 0.2) is 0 Å². The zero-order chi connectivity index (χ0) is 17.9. The summed E-state index contributed by atoms with van der Waals surface area (Å²) >= 11 is 0. The summed E-state index contributed by atoms with van der Waals surface area (Å²) in [6, 6.07) is 1.42. The Morgan fingerprint density at radius 1 is 1.29 bits per heavy atom. The first-order chi connectivity index (χ1) is 11.5. The number of rotatable bonds is 9. The predicted octanol–water partition coefficient (Wildman–Crippen LogP) is 1.38. The molecule has 4 N–H and O–H groups in total. The van der Waals surface area contributed by atoms with Crippen LogP contribution in [0.2, 0.25) is 0 Å². The number of hydrogen-bond acceptors (Lipinski definition) is 3.